The number of nitrogens with one attached hydrogen (secondary N) is 1. The molecule has 0 aromatic heterocycles. The third-order valence-electron chi connectivity index (χ3n) is 4.77. The number of likely N-dealkylation sites (tertiary alicyclic amines) is 1. The molecule has 0 bridgehead atoms. The van der Waals surface area contributed by atoms with Crippen LogP contribution in [0.25, 0.3) is 0 Å². The average molecular weight is 322 g/mol. The number of nitrogens with zero attached hydrogens (tertiary/aromatic N) is 1. The fourth-order valence-corrected chi connectivity index (χ4v) is 3.03. The van der Waals surface area contributed by atoms with E-state index < -0.39 is 11.6 Å². The highest BCUT2D eigenvalue weighted by molar-refractivity contribution is 5.94. The van der Waals surface area contributed by atoms with Crippen LogP contribution in [-0.2, 0) is 4.79 Å². The molecule has 2 aliphatic rings. The molecule has 4 nitrogen and oxygen atoms in total. The molecule has 6 heteroatoms. The van der Waals surface area contributed by atoms with Gasteiger partial charge in [0.25, 0.3) is 5.91 Å². The number of piperidine rings is 1. The van der Waals surface area contributed by atoms with Gasteiger partial charge in [0.2, 0.25) is 5.91 Å². The first kappa shape index (κ1) is 15.9. The second-order valence-electron chi connectivity index (χ2n) is 6.33. The number of rotatable bonds is 3. The number of halogens is 2. The van der Waals surface area contributed by atoms with Crippen molar-refractivity contribution in [1.29, 1.82) is 0 Å². The van der Waals surface area contributed by atoms with Crippen molar-refractivity contribution in [2.24, 2.45) is 5.92 Å². The van der Waals surface area contributed by atoms with Crippen LogP contribution in [0.4, 0.5) is 8.78 Å². The summed E-state index contributed by atoms with van der Waals surface area (Å²) >= 11 is 0. The van der Waals surface area contributed by atoms with Crippen LogP contribution in [-0.4, -0.2) is 35.8 Å². The van der Waals surface area contributed by atoms with Gasteiger partial charge in [-0.2, -0.15) is 0 Å². The summed E-state index contributed by atoms with van der Waals surface area (Å²) in [5, 5.41) is 3.05. The Morgan fingerprint density at radius 1 is 1.04 bits per heavy atom. The van der Waals surface area contributed by atoms with Gasteiger partial charge in [0.15, 0.2) is 11.6 Å². The summed E-state index contributed by atoms with van der Waals surface area (Å²) in [5.74, 6) is -1.98. The van der Waals surface area contributed by atoms with Crippen molar-refractivity contribution in [2.45, 2.75) is 38.1 Å². The Hall–Kier alpha value is -1.98. The minimum absolute atomic E-state index is 0.0945. The first-order valence-corrected chi connectivity index (χ1v) is 8.09. The first-order chi connectivity index (χ1) is 11.0. The molecule has 1 aromatic rings. The zero-order chi connectivity index (χ0) is 16.4. The van der Waals surface area contributed by atoms with Crippen molar-refractivity contribution in [3.05, 3.63) is 35.4 Å². The van der Waals surface area contributed by atoms with Gasteiger partial charge in [0.1, 0.15) is 0 Å². The summed E-state index contributed by atoms with van der Waals surface area (Å²) in [6.45, 7) is 1.01. The Balaban J connectivity index is 1.52. The fourth-order valence-electron chi connectivity index (χ4n) is 3.03. The quantitative estimate of drug-likeness (QED) is 0.929. The van der Waals surface area contributed by atoms with E-state index >= 15 is 0 Å². The minimum atomic E-state index is -1.02. The molecule has 1 aromatic carbocycles. The molecule has 1 heterocycles. The Bertz CT molecular complexity index is 609. The molecule has 1 saturated heterocycles. The smallest absolute Gasteiger partial charge is 0.253 e. The molecule has 2 amide bonds. The number of hydrogen-bond acceptors (Lipinski definition) is 2. The summed E-state index contributed by atoms with van der Waals surface area (Å²) in [5.41, 5.74) is 0.154. The van der Waals surface area contributed by atoms with Gasteiger partial charge in [-0.25, -0.2) is 8.78 Å². The van der Waals surface area contributed by atoms with E-state index in [1.165, 1.54) is 6.07 Å². The molecule has 124 valence electrons. The van der Waals surface area contributed by atoms with Gasteiger partial charge >= 0.3 is 0 Å². The highest BCUT2D eigenvalue weighted by Crippen LogP contribution is 2.27. The van der Waals surface area contributed by atoms with Gasteiger partial charge in [-0.05, 0) is 43.9 Å². The van der Waals surface area contributed by atoms with Crippen molar-refractivity contribution in [3.63, 3.8) is 0 Å². The summed E-state index contributed by atoms with van der Waals surface area (Å²) in [6.07, 6.45) is 4.44. The second kappa shape index (κ2) is 6.64. The molecule has 3 rings (SSSR count). The van der Waals surface area contributed by atoms with Crippen molar-refractivity contribution in [3.8, 4) is 0 Å². The van der Waals surface area contributed by atoms with Crippen LogP contribution in [0.5, 0.6) is 0 Å². The summed E-state index contributed by atoms with van der Waals surface area (Å²) < 4.78 is 26.2. The van der Waals surface area contributed by atoms with E-state index in [1.807, 2.05) is 0 Å². The lowest BCUT2D eigenvalue weighted by Gasteiger charge is -2.34. The molecule has 0 unspecified atom stereocenters. The third kappa shape index (κ3) is 3.51. The standard InChI is InChI=1S/C17H20F2N2O2/c18-14-5-4-12(10-15(14)19)17(23)21-8-6-13(7-9-21)20-16(22)11-2-1-3-11/h4-5,10-11,13H,1-3,6-9H2,(H,20,22). The maximum atomic E-state index is 13.2. The van der Waals surface area contributed by atoms with Crippen molar-refractivity contribution in [2.75, 3.05) is 13.1 Å². The number of carbonyl (C=O) groups is 2. The van der Waals surface area contributed by atoms with E-state index in [4.69, 9.17) is 0 Å². The van der Waals surface area contributed by atoms with E-state index in [9.17, 15) is 18.4 Å². The molecule has 0 atom stereocenters. The Labute approximate surface area is 133 Å². The number of hydrogen-bond donors (Lipinski definition) is 1. The van der Waals surface area contributed by atoms with E-state index in [2.05, 4.69) is 5.32 Å². The molecule has 1 N–H and O–H groups in total. The number of amides is 2. The highest BCUT2D eigenvalue weighted by atomic mass is 19.2. The first-order valence-electron chi connectivity index (χ1n) is 8.09. The topological polar surface area (TPSA) is 49.4 Å². The summed E-state index contributed by atoms with van der Waals surface area (Å²) in [6, 6.07) is 3.29. The van der Waals surface area contributed by atoms with Gasteiger partial charge in [-0.1, -0.05) is 6.42 Å². The largest absolute Gasteiger partial charge is 0.353 e. The molecule has 0 spiro atoms. The normalized spacial score (nSPS) is 19.3. The zero-order valence-electron chi connectivity index (χ0n) is 12.9. The molecule has 23 heavy (non-hydrogen) atoms. The van der Waals surface area contributed by atoms with Crippen LogP contribution in [0.1, 0.15) is 42.5 Å². The van der Waals surface area contributed by atoms with E-state index in [1.54, 1.807) is 4.90 Å². The van der Waals surface area contributed by atoms with Gasteiger partial charge in [-0.15, -0.1) is 0 Å². The molecule has 1 aliphatic heterocycles. The maximum Gasteiger partial charge on any atom is 0.253 e. The van der Waals surface area contributed by atoms with Gasteiger partial charge < -0.3 is 10.2 Å². The number of benzene rings is 1. The van der Waals surface area contributed by atoms with Gasteiger partial charge in [0, 0.05) is 30.6 Å². The van der Waals surface area contributed by atoms with Crippen LogP contribution in [0.2, 0.25) is 0 Å². The summed E-state index contributed by atoms with van der Waals surface area (Å²) in [7, 11) is 0. The molecule has 1 aliphatic carbocycles. The monoisotopic (exact) mass is 322 g/mol. The van der Waals surface area contributed by atoms with Crippen molar-refractivity contribution in [1.82, 2.24) is 10.2 Å². The van der Waals surface area contributed by atoms with Crippen LogP contribution in [0.15, 0.2) is 18.2 Å². The molecule has 2 fully saturated rings. The predicted molar refractivity (Wildman–Crippen MR) is 80.8 cm³/mol. The SMILES string of the molecule is O=C(NC1CCN(C(=O)c2ccc(F)c(F)c2)CC1)C1CCC1. The fraction of sp³-hybridized carbons (Fsp3) is 0.529. The van der Waals surface area contributed by atoms with Crippen molar-refractivity contribution < 1.29 is 18.4 Å². The van der Waals surface area contributed by atoms with Gasteiger partial charge in [-0.3, -0.25) is 9.59 Å². The van der Waals surface area contributed by atoms with Crippen molar-refractivity contribution >= 4 is 11.8 Å². The van der Waals surface area contributed by atoms with Crippen LogP contribution < -0.4 is 5.32 Å². The Morgan fingerprint density at radius 2 is 1.74 bits per heavy atom. The summed E-state index contributed by atoms with van der Waals surface area (Å²) in [4.78, 5) is 25.9. The maximum absolute atomic E-state index is 13.2. The second-order valence-corrected chi connectivity index (χ2v) is 6.33. The number of carbonyl (C=O) groups excluding carboxylic acids is 2. The lowest BCUT2D eigenvalue weighted by molar-refractivity contribution is -0.128. The third-order valence-corrected chi connectivity index (χ3v) is 4.77. The highest BCUT2D eigenvalue weighted by Gasteiger charge is 2.29. The van der Waals surface area contributed by atoms with Crippen LogP contribution in [0, 0.1) is 17.6 Å². The van der Waals surface area contributed by atoms with Crippen LogP contribution >= 0.6 is 0 Å². The Kier molecular flexibility index (Phi) is 4.59. The molecular formula is C17H20F2N2O2. The molecule has 0 radical (unpaired) electrons. The Morgan fingerprint density at radius 3 is 2.30 bits per heavy atom. The van der Waals surface area contributed by atoms with Gasteiger partial charge in [0.05, 0.1) is 0 Å². The minimum Gasteiger partial charge on any atom is -0.353 e. The van der Waals surface area contributed by atoms with E-state index in [0.29, 0.717) is 25.9 Å². The zero-order valence-corrected chi connectivity index (χ0v) is 12.9. The lowest BCUT2D eigenvalue weighted by atomic mass is 9.84. The van der Waals surface area contributed by atoms with Crippen LogP contribution in [0.3, 0.4) is 0 Å². The molecule has 1 saturated carbocycles. The van der Waals surface area contributed by atoms with E-state index in [-0.39, 0.29) is 29.3 Å². The molecular weight excluding hydrogens is 302 g/mol. The lowest BCUT2D eigenvalue weighted by Crippen LogP contribution is -2.48. The predicted octanol–water partition coefficient (Wildman–Crippen LogP) is 2.49. The average Bonchev–Trinajstić information content (AvgIpc) is 2.48. The van der Waals surface area contributed by atoms with E-state index in [0.717, 1.165) is 31.4 Å².